The lowest BCUT2D eigenvalue weighted by atomic mass is 10.1. The van der Waals surface area contributed by atoms with E-state index in [-0.39, 0.29) is 23.6 Å². The van der Waals surface area contributed by atoms with Crippen molar-refractivity contribution >= 4 is 27.5 Å². The lowest BCUT2D eigenvalue weighted by Gasteiger charge is -2.14. The van der Waals surface area contributed by atoms with Gasteiger partial charge in [0.1, 0.15) is 11.6 Å². The van der Waals surface area contributed by atoms with Crippen molar-refractivity contribution in [2.24, 2.45) is 0 Å². The Labute approximate surface area is 136 Å². The minimum atomic E-state index is -0.958. The van der Waals surface area contributed by atoms with Gasteiger partial charge in [0.2, 0.25) is 0 Å². The van der Waals surface area contributed by atoms with Crippen molar-refractivity contribution in [3.8, 4) is 5.75 Å². The Hall–Kier alpha value is -1.10. The van der Waals surface area contributed by atoms with Crippen molar-refractivity contribution in [3.63, 3.8) is 0 Å². The molecule has 1 N–H and O–H groups in total. The molecule has 2 nitrogen and oxygen atoms in total. The third-order valence-corrected chi connectivity index (χ3v) is 4.33. The molecule has 112 valence electrons. The summed E-state index contributed by atoms with van der Waals surface area (Å²) in [5, 5.41) is 10.0. The van der Waals surface area contributed by atoms with Crippen LogP contribution in [0.4, 0.5) is 4.39 Å². The number of ether oxygens (including phenoxy) is 1. The molecule has 0 aliphatic heterocycles. The van der Waals surface area contributed by atoms with Gasteiger partial charge in [-0.25, -0.2) is 4.39 Å². The number of benzene rings is 2. The number of hydrogen-bond acceptors (Lipinski definition) is 2. The Morgan fingerprint density at radius 1 is 1.33 bits per heavy atom. The highest BCUT2D eigenvalue weighted by Gasteiger charge is 2.17. The summed E-state index contributed by atoms with van der Waals surface area (Å²) in [6, 6.07) is 10.8. The monoisotopic (exact) mass is 372 g/mol. The first-order valence-electron chi connectivity index (χ1n) is 6.50. The molecule has 2 aromatic carbocycles. The molecule has 0 radical (unpaired) electrons. The average Bonchev–Trinajstić information content (AvgIpc) is 2.45. The van der Waals surface area contributed by atoms with E-state index in [0.29, 0.717) is 4.47 Å². The first-order valence-corrected chi connectivity index (χ1v) is 7.67. The van der Waals surface area contributed by atoms with Gasteiger partial charge in [-0.3, -0.25) is 0 Å². The second-order valence-corrected chi connectivity index (χ2v) is 5.97. The van der Waals surface area contributed by atoms with Crippen molar-refractivity contribution in [1.82, 2.24) is 0 Å². The fourth-order valence-electron chi connectivity index (χ4n) is 1.95. The van der Waals surface area contributed by atoms with Crippen LogP contribution in [-0.4, -0.2) is 11.7 Å². The zero-order chi connectivity index (χ0) is 15.4. The van der Waals surface area contributed by atoms with Gasteiger partial charge in [-0.05, 0) is 46.6 Å². The Bertz CT molecular complexity index is 634. The molecule has 1 atom stereocenters. The van der Waals surface area contributed by atoms with Crippen LogP contribution < -0.4 is 4.74 Å². The summed E-state index contributed by atoms with van der Waals surface area (Å²) in [6.45, 7) is 2.26. The van der Waals surface area contributed by atoms with E-state index in [1.165, 1.54) is 6.07 Å². The van der Waals surface area contributed by atoms with Crippen LogP contribution in [0.3, 0.4) is 0 Å². The van der Waals surface area contributed by atoms with Gasteiger partial charge in [-0.2, -0.15) is 0 Å². The zero-order valence-electron chi connectivity index (χ0n) is 11.4. The van der Waals surface area contributed by atoms with Gasteiger partial charge < -0.3 is 9.84 Å². The average molecular weight is 374 g/mol. The third kappa shape index (κ3) is 4.19. The van der Waals surface area contributed by atoms with Gasteiger partial charge in [0.15, 0.2) is 0 Å². The van der Waals surface area contributed by atoms with E-state index in [1.54, 1.807) is 6.07 Å². The first kappa shape index (κ1) is 16.3. The van der Waals surface area contributed by atoms with Crippen LogP contribution in [0.5, 0.6) is 5.75 Å². The molecular formula is C16H15BrClFO2. The predicted molar refractivity (Wildman–Crippen MR) is 85.4 cm³/mol. The molecule has 0 amide bonds. The molecule has 1 unspecified atom stereocenters. The zero-order valence-corrected chi connectivity index (χ0v) is 13.8. The van der Waals surface area contributed by atoms with Crippen LogP contribution in [-0.2, 0) is 0 Å². The molecule has 0 spiro atoms. The van der Waals surface area contributed by atoms with E-state index in [2.05, 4.69) is 15.9 Å². The van der Waals surface area contributed by atoms with E-state index >= 15 is 0 Å². The van der Waals surface area contributed by atoms with Gasteiger partial charge in [0.25, 0.3) is 0 Å². The molecule has 0 bridgehead atoms. The quantitative estimate of drug-likeness (QED) is 0.743. The smallest absolute Gasteiger partial charge is 0.148 e. The summed E-state index contributed by atoms with van der Waals surface area (Å²) >= 11 is 8.95. The minimum absolute atomic E-state index is 0.0221. The molecular weight excluding hydrogens is 359 g/mol. The Morgan fingerprint density at radius 3 is 2.81 bits per heavy atom. The topological polar surface area (TPSA) is 29.5 Å². The third-order valence-electron chi connectivity index (χ3n) is 3.07. The number of hydrogen-bond donors (Lipinski definition) is 1. The highest BCUT2D eigenvalue weighted by molar-refractivity contribution is 9.10. The van der Waals surface area contributed by atoms with Crippen LogP contribution >= 0.6 is 27.5 Å². The summed E-state index contributed by atoms with van der Waals surface area (Å²) < 4.78 is 20.0. The minimum Gasteiger partial charge on any atom is -0.493 e. The fourth-order valence-corrected chi connectivity index (χ4v) is 2.43. The molecule has 0 fully saturated rings. The molecule has 0 heterocycles. The second kappa shape index (κ2) is 7.25. The highest BCUT2D eigenvalue weighted by Crippen LogP contribution is 2.31. The van der Waals surface area contributed by atoms with Crippen molar-refractivity contribution in [2.45, 2.75) is 19.4 Å². The summed E-state index contributed by atoms with van der Waals surface area (Å²) in [4.78, 5) is 0. The molecule has 5 heteroatoms. The van der Waals surface area contributed by atoms with Gasteiger partial charge in [-0.15, -0.1) is 0 Å². The lowest BCUT2D eigenvalue weighted by molar-refractivity contribution is 0.137. The molecule has 0 saturated carbocycles. The molecule has 2 rings (SSSR count). The van der Waals surface area contributed by atoms with Crippen LogP contribution in [0.2, 0.25) is 5.02 Å². The van der Waals surface area contributed by atoms with E-state index in [9.17, 15) is 9.50 Å². The summed E-state index contributed by atoms with van der Waals surface area (Å²) in [6.07, 6.45) is -0.677. The molecule has 2 aromatic rings. The number of aliphatic hydroxyl groups excluding tert-OH is 1. The summed E-state index contributed by atoms with van der Waals surface area (Å²) in [7, 11) is 0. The van der Waals surface area contributed by atoms with E-state index in [1.807, 2.05) is 31.2 Å². The Kier molecular flexibility index (Phi) is 5.62. The number of halogens is 3. The van der Waals surface area contributed by atoms with Crippen molar-refractivity contribution in [3.05, 3.63) is 62.8 Å². The van der Waals surface area contributed by atoms with Crippen LogP contribution in [0, 0.1) is 12.7 Å². The van der Waals surface area contributed by atoms with Gasteiger partial charge >= 0.3 is 0 Å². The van der Waals surface area contributed by atoms with Gasteiger partial charge in [-0.1, -0.05) is 29.8 Å². The van der Waals surface area contributed by atoms with Crippen LogP contribution in [0.25, 0.3) is 0 Å². The molecule has 0 aliphatic rings. The SMILES string of the molecule is Cc1cccc(OCCC(O)c2ccc(Br)c(Cl)c2F)c1. The van der Waals surface area contributed by atoms with Crippen molar-refractivity contribution in [2.75, 3.05) is 6.61 Å². The Morgan fingerprint density at radius 2 is 2.10 bits per heavy atom. The van der Waals surface area contributed by atoms with E-state index in [0.717, 1.165) is 11.3 Å². The summed E-state index contributed by atoms with van der Waals surface area (Å²) in [5.74, 6) is 0.130. The van der Waals surface area contributed by atoms with E-state index < -0.39 is 11.9 Å². The highest BCUT2D eigenvalue weighted by atomic mass is 79.9. The van der Waals surface area contributed by atoms with Crippen molar-refractivity contribution in [1.29, 1.82) is 0 Å². The maximum Gasteiger partial charge on any atom is 0.148 e. The van der Waals surface area contributed by atoms with Gasteiger partial charge in [0.05, 0.1) is 17.7 Å². The maximum atomic E-state index is 14.0. The first-order chi connectivity index (χ1) is 9.99. The Balaban J connectivity index is 1.96. The molecule has 0 aliphatic carbocycles. The number of rotatable bonds is 5. The number of aryl methyl sites for hydroxylation is 1. The second-order valence-electron chi connectivity index (χ2n) is 4.73. The normalized spacial score (nSPS) is 12.2. The maximum absolute atomic E-state index is 14.0. The van der Waals surface area contributed by atoms with Crippen LogP contribution in [0.1, 0.15) is 23.7 Å². The van der Waals surface area contributed by atoms with E-state index in [4.69, 9.17) is 16.3 Å². The summed E-state index contributed by atoms with van der Waals surface area (Å²) in [5.41, 5.74) is 1.27. The van der Waals surface area contributed by atoms with Crippen molar-refractivity contribution < 1.29 is 14.2 Å². The predicted octanol–water partition coefficient (Wildman–Crippen LogP) is 5.05. The largest absolute Gasteiger partial charge is 0.493 e. The molecule has 0 aromatic heterocycles. The lowest BCUT2D eigenvalue weighted by Crippen LogP contribution is -2.07. The van der Waals surface area contributed by atoms with Gasteiger partial charge in [0, 0.05) is 16.5 Å². The molecule has 0 saturated heterocycles. The standard InChI is InChI=1S/C16H15BrClFO2/c1-10-3-2-4-11(9-10)21-8-7-14(20)12-5-6-13(17)15(18)16(12)19/h2-6,9,14,20H,7-8H2,1H3. The number of aliphatic hydroxyl groups is 1. The van der Waals surface area contributed by atoms with Crippen LogP contribution in [0.15, 0.2) is 40.9 Å². The fraction of sp³-hybridized carbons (Fsp3) is 0.250. The molecule has 21 heavy (non-hydrogen) atoms.